The number of nitrogens with two attached hydrogens (primary N) is 1. The van der Waals surface area contributed by atoms with E-state index in [2.05, 4.69) is 0 Å². The van der Waals surface area contributed by atoms with Crippen LogP contribution in [0.3, 0.4) is 0 Å². The molecule has 2 N–H and O–H groups in total. The quantitative estimate of drug-likeness (QED) is 0.624. The number of hydrogen-bond donors (Lipinski definition) is 1. The van der Waals surface area contributed by atoms with Crippen molar-refractivity contribution in [2.75, 3.05) is 23.8 Å². The lowest BCUT2D eigenvalue weighted by Gasteiger charge is -2.28. The molecule has 1 aromatic carbocycles. The van der Waals surface area contributed by atoms with Crippen molar-refractivity contribution >= 4 is 17.3 Å². The summed E-state index contributed by atoms with van der Waals surface area (Å²) in [5.41, 5.74) is 7.07. The van der Waals surface area contributed by atoms with Gasteiger partial charge in [0.25, 0.3) is 0 Å². The Hall–Kier alpha value is -1.71. The Labute approximate surface area is 82.3 Å². The molecule has 4 heteroatoms. The second kappa shape index (κ2) is 3.21. The van der Waals surface area contributed by atoms with Crippen molar-refractivity contribution in [3.8, 4) is 5.75 Å². The van der Waals surface area contributed by atoms with E-state index in [9.17, 15) is 4.79 Å². The lowest BCUT2D eigenvalue weighted by molar-refractivity contribution is -0.116. The van der Waals surface area contributed by atoms with Crippen molar-refractivity contribution in [2.45, 2.75) is 6.92 Å². The number of amides is 1. The lowest BCUT2D eigenvalue weighted by Crippen LogP contribution is -2.36. The molecule has 0 atom stereocenters. The van der Waals surface area contributed by atoms with E-state index >= 15 is 0 Å². The zero-order valence-corrected chi connectivity index (χ0v) is 7.99. The number of fused-ring (bicyclic) bond motifs is 1. The molecule has 0 aromatic heterocycles. The van der Waals surface area contributed by atoms with Crippen LogP contribution in [0.25, 0.3) is 0 Å². The van der Waals surface area contributed by atoms with Crippen LogP contribution in [-0.4, -0.2) is 19.1 Å². The molecule has 0 fully saturated rings. The molecule has 2 rings (SSSR count). The molecule has 0 unspecified atom stereocenters. The van der Waals surface area contributed by atoms with Gasteiger partial charge in [-0.1, -0.05) is 0 Å². The van der Waals surface area contributed by atoms with Gasteiger partial charge < -0.3 is 15.4 Å². The number of carbonyl (C=O) groups is 1. The van der Waals surface area contributed by atoms with Gasteiger partial charge in [-0.25, -0.2) is 0 Å². The Morgan fingerprint density at radius 1 is 1.57 bits per heavy atom. The van der Waals surface area contributed by atoms with Gasteiger partial charge in [0.2, 0.25) is 5.91 Å². The molecule has 0 spiro atoms. The highest BCUT2D eigenvalue weighted by atomic mass is 16.5. The van der Waals surface area contributed by atoms with Crippen molar-refractivity contribution in [1.29, 1.82) is 0 Å². The van der Waals surface area contributed by atoms with Gasteiger partial charge in [-0.05, 0) is 12.1 Å². The van der Waals surface area contributed by atoms with E-state index in [0.29, 0.717) is 24.6 Å². The first-order valence-electron chi connectivity index (χ1n) is 4.49. The molecule has 0 radical (unpaired) electrons. The molecule has 0 bridgehead atoms. The first kappa shape index (κ1) is 8.87. The van der Waals surface area contributed by atoms with Gasteiger partial charge in [0.05, 0.1) is 12.2 Å². The standard InChI is InChI=1S/C10H12N2O2/c1-7(13)12-4-5-14-10-6-8(11)2-3-9(10)12/h2-3,6H,4-5,11H2,1H3. The van der Waals surface area contributed by atoms with Crippen molar-refractivity contribution in [2.24, 2.45) is 0 Å². The van der Waals surface area contributed by atoms with Crippen LogP contribution in [0.4, 0.5) is 11.4 Å². The smallest absolute Gasteiger partial charge is 0.224 e. The van der Waals surface area contributed by atoms with Crippen LogP contribution in [0, 0.1) is 0 Å². The molecule has 1 aliphatic heterocycles. The summed E-state index contributed by atoms with van der Waals surface area (Å²) in [6.07, 6.45) is 0. The first-order chi connectivity index (χ1) is 6.68. The number of carbonyl (C=O) groups excluding carboxylic acids is 1. The minimum atomic E-state index is 0.0271. The summed E-state index contributed by atoms with van der Waals surface area (Å²) in [6.45, 7) is 2.67. The van der Waals surface area contributed by atoms with Crippen LogP contribution >= 0.6 is 0 Å². The fourth-order valence-electron chi connectivity index (χ4n) is 1.56. The van der Waals surface area contributed by atoms with Gasteiger partial charge in [0, 0.05) is 18.7 Å². The molecule has 1 aromatic rings. The molecular weight excluding hydrogens is 180 g/mol. The predicted octanol–water partition coefficient (Wildman–Crippen LogP) is 1.01. The Morgan fingerprint density at radius 2 is 2.36 bits per heavy atom. The van der Waals surface area contributed by atoms with Gasteiger partial charge in [-0.15, -0.1) is 0 Å². The van der Waals surface area contributed by atoms with E-state index in [1.165, 1.54) is 0 Å². The Balaban J connectivity index is 2.44. The first-order valence-corrected chi connectivity index (χ1v) is 4.49. The van der Waals surface area contributed by atoms with Crippen LogP contribution in [0.2, 0.25) is 0 Å². The van der Waals surface area contributed by atoms with Crippen molar-refractivity contribution in [3.05, 3.63) is 18.2 Å². The fraction of sp³-hybridized carbons (Fsp3) is 0.300. The average molecular weight is 192 g/mol. The Morgan fingerprint density at radius 3 is 3.07 bits per heavy atom. The third-order valence-electron chi connectivity index (χ3n) is 2.23. The van der Waals surface area contributed by atoms with E-state index in [1.807, 2.05) is 6.07 Å². The summed E-state index contributed by atoms with van der Waals surface area (Å²) in [7, 11) is 0. The minimum absolute atomic E-state index is 0.0271. The van der Waals surface area contributed by atoms with E-state index in [4.69, 9.17) is 10.5 Å². The highest BCUT2D eigenvalue weighted by molar-refractivity contribution is 5.93. The topological polar surface area (TPSA) is 55.6 Å². The molecule has 74 valence electrons. The average Bonchev–Trinajstić information content (AvgIpc) is 2.16. The normalized spacial score (nSPS) is 14.5. The molecule has 14 heavy (non-hydrogen) atoms. The number of benzene rings is 1. The number of rotatable bonds is 0. The number of anilines is 2. The third kappa shape index (κ3) is 1.39. The molecular formula is C10H12N2O2. The Kier molecular flexibility index (Phi) is 2.04. The SMILES string of the molecule is CC(=O)N1CCOc2cc(N)ccc21. The van der Waals surface area contributed by atoms with Crippen molar-refractivity contribution in [1.82, 2.24) is 0 Å². The minimum Gasteiger partial charge on any atom is -0.489 e. The molecule has 0 saturated heterocycles. The van der Waals surface area contributed by atoms with Crippen LogP contribution in [0.5, 0.6) is 5.75 Å². The number of ether oxygens (including phenoxy) is 1. The maximum Gasteiger partial charge on any atom is 0.224 e. The van der Waals surface area contributed by atoms with Crippen LogP contribution in [0.15, 0.2) is 18.2 Å². The lowest BCUT2D eigenvalue weighted by atomic mass is 10.2. The predicted molar refractivity (Wildman–Crippen MR) is 54.4 cm³/mol. The zero-order valence-electron chi connectivity index (χ0n) is 7.99. The molecule has 1 amide bonds. The number of hydrogen-bond acceptors (Lipinski definition) is 3. The summed E-state index contributed by atoms with van der Waals surface area (Å²) in [4.78, 5) is 13.0. The zero-order chi connectivity index (χ0) is 10.1. The number of nitrogens with zero attached hydrogens (tertiary/aromatic N) is 1. The van der Waals surface area contributed by atoms with E-state index < -0.39 is 0 Å². The molecule has 0 aliphatic carbocycles. The van der Waals surface area contributed by atoms with Crippen molar-refractivity contribution < 1.29 is 9.53 Å². The van der Waals surface area contributed by atoms with Crippen molar-refractivity contribution in [3.63, 3.8) is 0 Å². The van der Waals surface area contributed by atoms with Crippen LogP contribution in [-0.2, 0) is 4.79 Å². The van der Waals surface area contributed by atoms with E-state index in [1.54, 1.807) is 24.0 Å². The third-order valence-corrected chi connectivity index (χ3v) is 2.23. The van der Waals surface area contributed by atoms with Gasteiger partial charge >= 0.3 is 0 Å². The van der Waals surface area contributed by atoms with Crippen LogP contribution in [0.1, 0.15) is 6.92 Å². The summed E-state index contributed by atoms with van der Waals surface area (Å²) < 4.78 is 5.41. The van der Waals surface area contributed by atoms with E-state index in [0.717, 1.165) is 5.69 Å². The molecule has 1 aliphatic rings. The maximum atomic E-state index is 11.3. The fourth-order valence-corrected chi connectivity index (χ4v) is 1.56. The van der Waals surface area contributed by atoms with Gasteiger partial charge in [0.15, 0.2) is 0 Å². The van der Waals surface area contributed by atoms with Gasteiger partial charge in [-0.2, -0.15) is 0 Å². The molecule has 4 nitrogen and oxygen atoms in total. The van der Waals surface area contributed by atoms with E-state index in [-0.39, 0.29) is 5.91 Å². The Bertz CT molecular complexity index is 376. The van der Waals surface area contributed by atoms with Gasteiger partial charge in [-0.3, -0.25) is 4.79 Å². The highest BCUT2D eigenvalue weighted by Gasteiger charge is 2.20. The second-order valence-corrected chi connectivity index (χ2v) is 3.25. The summed E-state index contributed by atoms with van der Waals surface area (Å²) in [6, 6.07) is 5.32. The largest absolute Gasteiger partial charge is 0.489 e. The number of nitrogen functional groups attached to an aromatic ring is 1. The summed E-state index contributed by atoms with van der Waals surface area (Å²) in [5, 5.41) is 0. The maximum absolute atomic E-state index is 11.3. The van der Waals surface area contributed by atoms with Crippen LogP contribution < -0.4 is 15.4 Å². The molecule has 0 saturated carbocycles. The molecule has 1 heterocycles. The monoisotopic (exact) mass is 192 g/mol. The summed E-state index contributed by atoms with van der Waals surface area (Å²) >= 11 is 0. The second-order valence-electron chi connectivity index (χ2n) is 3.25. The summed E-state index contributed by atoms with van der Waals surface area (Å²) in [5.74, 6) is 0.714. The highest BCUT2D eigenvalue weighted by Crippen LogP contribution is 2.33. The van der Waals surface area contributed by atoms with Gasteiger partial charge in [0.1, 0.15) is 12.4 Å².